The van der Waals surface area contributed by atoms with Crippen molar-refractivity contribution in [1.82, 2.24) is 0 Å². The Bertz CT molecular complexity index is 332. The number of hydrogen-bond acceptors (Lipinski definition) is 2. The Hall–Kier alpha value is -1.02. The van der Waals surface area contributed by atoms with E-state index < -0.39 is 0 Å². The highest BCUT2D eigenvalue weighted by Crippen LogP contribution is 2.25. The Morgan fingerprint density at radius 3 is 2.27 bits per heavy atom. The van der Waals surface area contributed by atoms with Gasteiger partial charge in [0.25, 0.3) is 0 Å². The molecule has 0 N–H and O–H groups in total. The van der Waals surface area contributed by atoms with E-state index in [4.69, 9.17) is 16.3 Å². The highest BCUT2D eigenvalue weighted by Gasteiger charge is 2.21. The van der Waals surface area contributed by atoms with Gasteiger partial charge in [-0.2, -0.15) is 0 Å². The predicted octanol–water partition coefficient (Wildman–Crippen LogP) is 3.25. The van der Waals surface area contributed by atoms with Gasteiger partial charge in [0.05, 0.1) is 13.0 Å². The molecular formula is C12H15ClO2. The third-order valence-corrected chi connectivity index (χ3v) is 2.97. The Balaban J connectivity index is 2.80. The van der Waals surface area contributed by atoms with Crippen LogP contribution in [0.3, 0.4) is 0 Å². The molecule has 82 valence electrons. The fraction of sp³-hybridized carbons (Fsp3) is 0.417. The van der Waals surface area contributed by atoms with Gasteiger partial charge >= 0.3 is 5.97 Å². The Morgan fingerprint density at radius 2 is 1.80 bits per heavy atom. The smallest absolute Gasteiger partial charge is 0.308 e. The maximum Gasteiger partial charge on any atom is 0.308 e. The second-order valence-corrected chi connectivity index (χ2v) is 4.09. The summed E-state index contributed by atoms with van der Waals surface area (Å²) in [4.78, 5) is 11.3. The number of methoxy groups -OCH3 is 1. The third kappa shape index (κ3) is 2.96. The molecular weight excluding hydrogens is 212 g/mol. The number of esters is 1. The van der Waals surface area contributed by atoms with Crippen LogP contribution in [0.25, 0.3) is 0 Å². The van der Waals surface area contributed by atoms with Crippen LogP contribution in [0.4, 0.5) is 0 Å². The average molecular weight is 227 g/mol. The lowest BCUT2D eigenvalue weighted by Gasteiger charge is -2.17. The van der Waals surface area contributed by atoms with Gasteiger partial charge in [-0.3, -0.25) is 4.79 Å². The van der Waals surface area contributed by atoms with Crippen LogP contribution in [-0.4, -0.2) is 13.1 Å². The molecule has 0 spiro atoms. The quantitative estimate of drug-likeness (QED) is 0.740. The van der Waals surface area contributed by atoms with Crippen LogP contribution in [0, 0.1) is 5.92 Å². The molecule has 1 aromatic carbocycles. The van der Waals surface area contributed by atoms with Crippen molar-refractivity contribution in [3.05, 3.63) is 34.9 Å². The van der Waals surface area contributed by atoms with Crippen LogP contribution >= 0.6 is 11.6 Å². The number of hydrogen-bond donors (Lipinski definition) is 0. The van der Waals surface area contributed by atoms with Gasteiger partial charge < -0.3 is 4.74 Å². The van der Waals surface area contributed by atoms with Crippen LogP contribution in [0.15, 0.2) is 24.3 Å². The van der Waals surface area contributed by atoms with E-state index in [9.17, 15) is 4.79 Å². The van der Waals surface area contributed by atoms with Crippen molar-refractivity contribution in [1.29, 1.82) is 0 Å². The number of rotatable bonds is 3. The van der Waals surface area contributed by atoms with Crippen molar-refractivity contribution >= 4 is 17.6 Å². The van der Waals surface area contributed by atoms with Crippen LogP contribution in [0.2, 0.25) is 5.02 Å². The van der Waals surface area contributed by atoms with Gasteiger partial charge in [-0.25, -0.2) is 0 Å². The molecule has 0 aliphatic rings. The lowest BCUT2D eigenvalue weighted by molar-refractivity contribution is -0.145. The lowest BCUT2D eigenvalue weighted by Crippen LogP contribution is -2.18. The molecule has 2 unspecified atom stereocenters. The van der Waals surface area contributed by atoms with E-state index in [0.29, 0.717) is 5.02 Å². The molecule has 0 aliphatic carbocycles. The molecule has 0 aliphatic heterocycles. The van der Waals surface area contributed by atoms with Gasteiger partial charge in [-0.15, -0.1) is 0 Å². The minimum Gasteiger partial charge on any atom is -0.469 e. The van der Waals surface area contributed by atoms with E-state index in [0.717, 1.165) is 5.56 Å². The van der Waals surface area contributed by atoms with Crippen molar-refractivity contribution in [2.75, 3.05) is 7.11 Å². The molecule has 0 amide bonds. The zero-order chi connectivity index (χ0) is 11.4. The summed E-state index contributed by atoms with van der Waals surface area (Å²) >= 11 is 5.79. The first-order valence-electron chi connectivity index (χ1n) is 4.89. The first-order valence-corrected chi connectivity index (χ1v) is 5.27. The van der Waals surface area contributed by atoms with Crippen molar-refractivity contribution in [3.63, 3.8) is 0 Å². The second kappa shape index (κ2) is 5.17. The van der Waals surface area contributed by atoms with Gasteiger partial charge in [-0.05, 0) is 23.6 Å². The Labute approximate surface area is 95.2 Å². The normalized spacial score (nSPS) is 14.4. The lowest BCUT2D eigenvalue weighted by atomic mass is 9.89. The average Bonchev–Trinajstić information content (AvgIpc) is 2.27. The van der Waals surface area contributed by atoms with E-state index in [-0.39, 0.29) is 17.8 Å². The van der Waals surface area contributed by atoms with E-state index in [1.165, 1.54) is 7.11 Å². The fourth-order valence-electron chi connectivity index (χ4n) is 1.45. The third-order valence-electron chi connectivity index (χ3n) is 2.72. The summed E-state index contributed by atoms with van der Waals surface area (Å²) in [5.41, 5.74) is 1.09. The first-order chi connectivity index (χ1) is 7.06. The zero-order valence-electron chi connectivity index (χ0n) is 9.16. The van der Waals surface area contributed by atoms with Crippen molar-refractivity contribution < 1.29 is 9.53 Å². The standard InChI is InChI=1S/C12H15ClO2/c1-8(9(2)12(14)15-3)10-4-6-11(13)7-5-10/h4-9H,1-3H3. The highest BCUT2D eigenvalue weighted by atomic mass is 35.5. The van der Waals surface area contributed by atoms with Gasteiger partial charge in [0.2, 0.25) is 0 Å². The Kier molecular flexibility index (Phi) is 4.15. The molecule has 1 aromatic rings. The number of halogens is 1. The van der Waals surface area contributed by atoms with E-state index in [1.807, 2.05) is 38.1 Å². The molecule has 0 heterocycles. The zero-order valence-corrected chi connectivity index (χ0v) is 9.91. The SMILES string of the molecule is COC(=O)C(C)C(C)c1ccc(Cl)cc1. The summed E-state index contributed by atoms with van der Waals surface area (Å²) in [5.74, 6) is -0.191. The second-order valence-electron chi connectivity index (χ2n) is 3.65. The minimum absolute atomic E-state index is 0.134. The van der Waals surface area contributed by atoms with Crippen molar-refractivity contribution in [2.24, 2.45) is 5.92 Å². The summed E-state index contributed by atoms with van der Waals surface area (Å²) in [7, 11) is 1.41. The molecule has 2 atom stereocenters. The molecule has 0 saturated heterocycles. The molecule has 0 saturated carbocycles. The molecule has 0 bridgehead atoms. The summed E-state index contributed by atoms with van der Waals surface area (Å²) in [6.07, 6.45) is 0. The van der Waals surface area contributed by atoms with Crippen molar-refractivity contribution in [3.8, 4) is 0 Å². The molecule has 15 heavy (non-hydrogen) atoms. The van der Waals surface area contributed by atoms with Crippen LogP contribution in [0.5, 0.6) is 0 Å². The van der Waals surface area contributed by atoms with E-state index in [1.54, 1.807) is 0 Å². The van der Waals surface area contributed by atoms with Crippen LogP contribution in [-0.2, 0) is 9.53 Å². The molecule has 0 fully saturated rings. The van der Waals surface area contributed by atoms with E-state index >= 15 is 0 Å². The number of benzene rings is 1. The number of carbonyl (C=O) groups is 1. The van der Waals surface area contributed by atoms with Crippen molar-refractivity contribution in [2.45, 2.75) is 19.8 Å². The predicted molar refractivity (Wildman–Crippen MR) is 61.0 cm³/mol. The number of ether oxygens (including phenoxy) is 1. The maximum absolute atomic E-state index is 11.3. The summed E-state index contributed by atoms with van der Waals surface area (Å²) in [6, 6.07) is 7.54. The van der Waals surface area contributed by atoms with Crippen LogP contribution in [0.1, 0.15) is 25.3 Å². The summed E-state index contributed by atoms with van der Waals surface area (Å²) in [6.45, 7) is 3.87. The monoisotopic (exact) mass is 226 g/mol. The summed E-state index contributed by atoms with van der Waals surface area (Å²) in [5, 5.41) is 0.705. The highest BCUT2D eigenvalue weighted by molar-refractivity contribution is 6.30. The van der Waals surface area contributed by atoms with Gasteiger partial charge in [0.15, 0.2) is 0 Å². The minimum atomic E-state index is -0.183. The van der Waals surface area contributed by atoms with Crippen LogP contribution < -0.4 is 0 Å². The van der Waals surface area contributed by atoms with Gasteiger partial charge in [0, 0.05) is 5.02 Å². The largest absolute Gasteiger partial charge is 0.469 e. The molecule has 2 nitrogen and oxygen atoms in total. The van der Waals surface area contributed by atoms with Gasteiger partial charge in [0.1, 0.15) is 0 Å². The first kappa shape index (κ1) is 12.1. The molecule has 3 heteroatoms. The fourth-order valence-corrected chi connectivity index (χ4v) is 1.57. The van der Waals surface area contributed by atoms with Gasteiger partial charge in [-0.1, -0.05) is 37.6 Å². The molecule has 0 radical (unpaired) electrons. The molecule has 0 aromatic heterocycles. The van der Waals surface area contributed by atoms with E-state index in [2.05, 4.69) is 0 Å². The maximum atomic E-state index is 11.3. The summed E-state index contributed by atoms with van der Waals surface area (Å²) < 4.78 is 4.71. The topological polar surface area (TPSA) is 26.3 Å². The number of carbonyl (C=O) groups excluding carboxylic acids is 1. The molecule has 1 rings (SSSR count). The Morgan fingerprint density at radius 1 is 1.27 bits per heavy atom.